The third-order valence-corrected chi connectivity index (χ3v) is 5.39. The molecule has 2 aromatic rings. The summed E-state index contributed by atoms with van der Waals surface area (Å²) in [5.74, 6) is 0.865. The van der Waals surface area contributed by atoms with Crippen LogP contribution in [0.3, 0.4) is 0 Å². The van der Waals surface area contributed by atoms with Crippen LogP contribution in [-0.2, 0) is 13.0 Å². The maximum atomic E-state index is 4.78. The number of aliphatic imine (C=N–C) groups is 1. The van der Waals surface area contributed by atoms with Crippen molar-refractivity contribution in [3.05, 3.63) is 46.5 Å². The molecule has 1 saturated heterocycles. The molecule has 2 N–H and O–H groups in total. The van der Waals surface area contributed by atoms with Gasteiger partial charge in [-0.15, -0.1) is 11.3 Å². The second-order valence-electron chi connectivity index (χ2n) is 6.68. The fraction of sp³-hybridized carbons (Fsp3) is 0.500. The number of nitrogens with one attached hydrogen (secondary N) is 2. The van der Waals surface area contributed by atoms with Crippen molar-refractivity contribution in [1.29, 1.82) is 0 Å². The van der Waals surface area contributed by atoms with Crippen LogP contribution in [0.15, 0.2) is 34.6 Å². The molecule has 0 amide bonds. The Morgan fingerprint density at radius 1 is 1.27 bits per heavy atom. The Labute approximate surface area is 160 Å². The lowest BCUT2D eigenvalue weighted by Crippen LogP contribution is -2.38. The molecule has 1 aromatic carbocycles. The number of benzene rings is 1. The van der Waals surface area contributed by atoms with Crippen molar-refractivity contribution < 1.29 is 0 Å². The number of thiazole rings is 1. The van der Waals surface area contributed by atoms with Crippen LogP contribution in [0.1, 0.15) is 36.6 Å². The normalized spacial score (nSPS) is 14.7. The van der Waals surface area contributed by atoms with Gasteiger partial charge in [0.25, 0.3) is 0 Å². The van der Waals surface area contributed by atoms with Crippen molar-refractivity contribution in [3.63, 3.8) is 0 Å². The number of hydrogen-bond acceptors (Lipinski definition) is 4. The lowest BCUT2D eigenvalue weighted by molar-refractivity contribution is 0.789. The Hall–Kier alpha value is -2.08. The fourth-order valence-corrected chi connectivity index (χ4v) is 4.01. The van der Waals surface area contributed by atoms with Crippen molar-refractivity contribution in [3.8, 4) is 0 Å². The SMILES string of the molecule is CCNC(=NCc1cccc(C)c1)NCCc1csc(N2CCCC2)n1. The fourth-order valence-electron chi connectivity index (χ4n) is 3.10. The zero-order chi connectivity index (χ0) is 18.2. The number of hydrogen-bond donors (Lipinski definition) is 2. The Morgan fingerprint density at radius 2 is 2.12 bits per heavy atom. The minimum Gasteiger partial charge on any atom is -0.357 e. The average Bonchev–Trinajstić information content (AvgIpc) is 3.31. The summed E-state index contributed by atoms with van der Waals surface area (Å²) in [6.07, 6.45) is 3.50. The predicted octanol–water partition coefficient (Wildman–Crippen LogP) is 3.35. The standard InChI is InChI=1S/C20H29N5S/c1-3-21-19(23-14-17-8-6-7-16(2)13-17)22-10-9-18-15-26-20(24-18)25-11-4-5-12-25/h6-8,13,15H,3-5,9-12,14H2,1-2H3,(H2,21,22,23). The third kappa shape index (κ3) is 5.46. The summed E-state index contributed by atoms with van der Waals surface area (Å²) in [6.45, 7) is 8.89. The number of aromatic nitrogens is 1. The Bertz CT molecular complexity index is 718. The maximum Gasteiger partial charge on any atom is 0.191 e. The van der Waals surface area contributed by atoms with Crippen LogP contribution in [0.2, 0.25) is 0 Å². The summed E-state index contributed by atoms with van der Waals surface area (Å²) in [6, 6.07) is 8.50. The molecule has 0 spiro atoms. The number of rotatable bonds is 7. The first kappa shape index (κ1) is 18.7. The van der Waals surface area contributed by atoms with E-state index in [0.29, 0.717) is 6.54 Å². The molecule has 6 heteroatoms. The first-order valence-electron chi connectivity index (χ1n) is 9.51. The molecular weight excluding hydrogens is 342 g/mol. The monoisotopic (exact) mass is 371 g/mol. The molecule has 2 heterocycles. The molecule has 0 saturated carbocycles. The van der Waals surface area contributed by atoms with Crippen LogP contribution in [0.25, 0.3) is 0 Å². The first-order chi connectivity index (χ1) is 12.7. The van der Waals surface area contributed by atoms with E-state index in [4.69, 9.17) is 9.98 Å². The zero-order valence-electron chi connectivity index (χ0n) is 15.8. The second-order valence-corrected chi connectivity index (χ2v) is 7.51. The van der Waals surface area contributed by atoms with Crippen LogP contribution < -0.4 is 15.5 Å². The van der Waals surface area contributed by atoms with Crippen LogP contribution in [0, 0.1) is 6.92 Å². The van der Waals surface area contributed by atoms with Crippen LogP contribution in [0.4, 0.5) is 5.13 Å². The molecule has 0 aliphatic carbocycles. The lowest BCUT2D eigenvalue weighted by atomic mass is 10.1. The summed E-state index contributed by atoms with van der Waals surface area (Å²) in [5, 5.41) is 10.1. The predicted molar refractivity (Wildman–Crippen MR) is 111 cm³/mol. The topological polar surface area (TPSA) is 52.6 Å². The van der Waals surface area contributed by atoms with Crippen molar-refractivity contribution in [1.82, 2.24) is 15.6 Å². The molecule has 1 fully saturated rings. The van der Waals surface area contributed by atoms with Gasteiger partial charge < -0.3 is 15.5 Å². The lowest BCUT2D eigenvalue weighted by Gasteiger charge is -2.12. The third-order valence-electron chi connectivity index (χ3n) is 4.44. The highest BCUT2D eigenvalue weighted by atomic mass is 32.1. The largest absolute Gasteiger partial charge is 0.357 e. The second kappa shape index (κ2) is 9.57. The van der Waals surface area contributed by atoms with E-state index < -0.39 is 0 Å². The van der Waals surface area contributed by atoms with Gasteiger partial charge in [-0.3, -0.25) is 0 Å². The van der Waals surface area contributed by atoms with Gasteiger partial charge in [0.05, 0.1) is 12.2 Å². The number of anilines is 1. The molecule has 3 rings (SSSR count). The number of guanidine groups is 1. The van der Waals surface area contributed by atoms with Crippen LogP contribution in [0.5, 0.6) is 0 Å². The van der Waals surface area contributed by atoms with Crippen LogP contribution in [-0.4, -0.2) is 37.1 Å². The van der Waals surface area contributed by atoms with Gasteiger partial charge in [-0.05, 0) is 32.3 Å². The highest BCUT2D eigenvalue weighted by Gasteiger charge is 2.15. The molecule has 0 atom stereocenters. The minimum atomic E-state index is 0.687. The van der Waals surface area contributed by atoms with E-state index in [1.165, 1.54) is 34.8 Å². The van der Waals surface area contributed by atoms with Gasteiger partial charge in [0.1, 0.15) is 0 Å². The Balaban J connectivity index is 1.49. The highest BCUT2D eigenvalue weighted by molar-refractivity contribution is 7.13. The zero-order valence-corrected chi connectivity index (χ0v) is 16.6. The minimum absolute atomic E-state index is 0.687. The van der Waals surface area contributed by atoms with Gasteiger partial charge in [0.15, 0.2) is 11.1 Å². The number of aryl methyl sites for hydroxylation is 1. The molecule has 1 aliphatic heterocycles. The van der Waals surface area contributed by atoms with Crippen molar-refractivity contribution in [2.75, 3.05) is 31.1 Å². The van der Waals surface area contributed by atoms with Gasteiger partial charge in [0, 0.05) is 38.0 Å². The molecule has 5 nitrogen and oxygen atoms in total. The van der Waals surface area contributed by atoms with E-state index in [0.717, 1.165) is 38.6 Å². The summed E-state index contributed by atoms with van der Waals surface area (Å²) < 4.78 is 0. The summed E-state index contributed by atoms with van der Waals surface area (Å²) in [5.41, 5.74) is 3.67. The van der Waals surface area contributed by atoms with Crippen molar-refractivity contribution in [2.24, 2.45) is 4.99 Å². The molecule has 0 radical (unpaired) electrons. The van der Waals surface area contributed by atoms with Crippen molar-refractivity contribution >= 4 is 22.4 Å². The molecule has 1 aliphatic rings. The van der Waals surface area contributed by atoms with E-state index in [1.807, 2.05) is 0 Å². The summed E-state index contributed by atoms with van der Waals surface area (Å²) in [7, 11) is 0. The van der Waals surface area contributed by atoms with E-state index in [-0.39, 0.29) is 0 Å². The molecule has 140 valence electrons. The molecule has 0 bridgehead atoms. The van der Waals surface area contributed by atoms with Crippen LogP contribution >= 0.6 is 11.3 Å². The first-order valence-corrected chi connectivity index (χ1v) is 10.4. The highest BCUT2D eigenvalue weighted by Crippen LogP contribution is 2.24. The van der Waals surface area contributed by atoms with Gasteiger partial charge in [0.2, 0.25) is 0 Å². The van der Waals surface area contributed by atoms with Gasteiger partial charge >= 0.3 is 0 Å². The molecule has 26 heavy (non-hydrogen) atoms. The summed E-state index contributed by atoms with van der Waals surface area (Å²) >= 11 is 1.77. The van der Waals surface area contributed by atoms with E-state index in [9.17, 15) is 0 Å². The summed E-state index contributed by atoms with van der Waals surface area (Å²) in [4.78, 5) is 11.9. The van der Waals surface area contributed by atoms with Gasteiger partial charge in [-0.1, -0.05) is 29.8 Å². The van der Waals surface area contributed by atoms with E-state index >= 15 is 0 Å². The molecular formula is C20H29N5S. The average molecular weight is 372 g/mol. The van der Waals surface area contributed by atoms with E-state index in [2.05, 4.69) is 59.0 Å². The van der Waals surface area contributed by atoms with Gasteiger partial charge in [-0.25, -0.2) is 9.98 Å². The van der Waals surface area contributed by atoms with Gasteiger partial charge in [-0.2, -0.15) is 0 Å². The van der Waals surface area contributed by atoms with E-state index in [1.54, 1.807) is 11.3 Å². The maximum absolute atomic E-state index is 4.78. The van der Waals surface area contributed by atoms with Crippen molar-refractivity contribution in [2.45, 2.75) is 39.7 Å². The number of nitrogens with zero attached hydrogens (tertiary/aromatic N) is 3. The Kier molecular flexibility index (Phi) is 6.89. The Morgan fingerprint density at radius 3 is 2.88 bits per heavy atom. The molecule has 1 aromatic heterocycles. The smallest absolute Gasteiger partial charge is 0.191 e. The quantitative estimate of drug-likeness (QED) is 0.579. The molecule has 0 unspecified atom stereocenters.